The molecule has 0 saturated heterocycles. The van der Waals surface area contributed by atoms with Crippen LogP contribution in [0.2, 0.25) is 0 Å². The van der Waals surface area contributed by atoms with Gasteiger partial charge in [0.2, 0.25) is 5.91 Å². The number of amides is 2. The van der Waals surface area contributed by atoms with Crippen molar-refractivity contribution >= 4 is 35.2 Å². The van der Waals surface area contributed by atoms with Crippen LogP contribution in [-0.2, 0) is 19.1 Å². The van der Waals surface area contributed by atoms with Crippen molar-refractivity contribution in [2.75, 3.05) is 24.2 Å². The van der Waals surface area contributed by atoms with Gasteiger partial charge in [-0.05, 0) is 25.0 Å². The molecule has 8 heteroatoms. The summed E-state index contributed by atoms with van der Waals surface area (Å²) in [5.41, 5.74) is 0.560. The van der Waals surface area contributed by atoms with Gasteiger partial charge in [0.1, 0.15) is 6.54 Å². The Labute approximate surface area is 162 Å². The fraction of sp³-hybridized carbons (Fsp3) is 0.474. The van der Waals surface area contributed by atoms with Crippen molar-refractivity contribution in [1.82, 2.24) is 5.32 Å². The molecular formula is C19H23N3O4S. The third-order valence-electron chi connectivity index (χ3n) is 4.20. The Kier molecular flexibility index (Phi) is 8.65. The van der Waals surface area contributed by atoms with Crippen LogP contribution in [0.1, 0.15) is 32.1 Å². The van der Waals surface area contributed by atoms with Gasteiger partial charge in [-0.15, -0.1) is 11.8 Å². The summed E-state index contributed by atoms with van der Waals surface area (Å²) in [6.07, 6.45) is 4.94. The van der Waals surface area contributed by atoms with Gasteiger partial charge in [0.05, 0.1) is 17.5 Å². The van der Waals surface area contributed by atoms with Crippen LogP contribution in [0.25, 0.3) is 0 Å². The van der Waals surface area contributed by atoms with Crippen molar-refractivity contribution in [3.05, 3.63) is 24.3 Å². The number of carbonyl (C=O) groups excluding carboxylic acids is 3. The van der Waals surface area contributed by atoms with Crippen molar-refractivity contribution in [3.8, 4) is 6.07 Å². The SMILES string of the molecule is N#CCSc1ccccc1NC(=O)COC(=O)CNC(=O)C1CCCCC1. The van der Waals surface area contributed by atoms with Gasteiger partial charge in [0, 0.05) is 10.8 Å². The van der Waals surface area contributed by atoms with Gasteiger partial charge >= 0.3 is 5.97 Å². The molecule has 2 amide bonds. The number of ether oxygens (including phenoxy) is 1. The predicted molar refractivity (Wildman–Crippen MR) is 102 cm³/mol. The molecule has 1 aliphatic rings. The third-order valence-corrected chi connectivity index (χ3v) is 5.14. The molecule has 1 saturated carbocycles. The number of carbonyl (C=O) groups is 3. The summed E-state index contributed by atoms with van der Waals surface area (Å²) in [5, 5.41) is 13.9. The Hall–Kier alpha value is -2.53. The maximum absolute atomic E-state index is 12.0. The molecule has 0 aromatic heterocycles. The van der Waals surface area contributed by atoms with Crippen LogP contribution >= 0.6 is 11.8 Å². The largest absolute Gasteiger partial charge is 0.454 e. The molecule has 0 bridgehead atoms. The van der Waals surface area contributed by atoms with Crippen LogP contribution < -0.4 is 10.6 Å². The van der Waals surface area contributed by atoms with E-state index in [4.69, 9.17) is 10.00 Å². The van der Waals surface area contributed by atoms with Crippen LogP contribution in [0, 0.1) is 17.2 Å². The Balaban J connectivity index is 1.71. The monoisotopic (exact) mass is 389 g/mol. The van der Waals surface area contributed by atoms with Gasteiger partial charge in [-0.3, -0.25) is 14.4 Å². The zero-order valence-electron chi connectivity index (χ0n) is 15.0. The van der Waals surface area contributed by atoms with Gasteiger partial charge in [-0.2, -0.15) is 5.26 Å². The molecule has 1 aromatic rings. The van der Waals surface area contributed by atoms with Crippen molar-refractivity contribution in [2.45, 2.75) is 37.0 Å². The number of nitrogens with zero attached hydrogens (tertiary/aromatic N) is 1. The average molecular weight is 389 g/mol. The van der Waals surface area contributed by atoms with E-state index in [1.165, 1.54) is 11.8 Å². The smallest absolute Gasteiger partial charge is 0.325 e. The first kappa shape index (κ1) is 20.8. The lowest BCUT2D eigenvalue weighted by atomic mass is 9.89. The topological polar surface area (TPSA) is 108 Å². The molecule has 1 aliphatic carbocycles. The zero-order chi connectivity index (χ0) is 19.5. The Morgan fingerprint density at radius 3 is 2.67 bits per heavy atom. The second-order valence-corrected chi connectivity index (χ2v) is 7.22. The van der Waals surface area contributed by atoms with Crippen LogP contribution in [0.5, 0.6) is 0 Å². The zero-order valence-corrected chi connectivity index (χ0v) is 15.8. The lowest BCUT2D eigenvalue weighted by Crippen LogP contribution is -2.36. The molecule has 0 atom stereocenters. The molecule has 2 N–H and O–H groups in total. The van der Waals surface area contributed by atoms with E-state index in [1.807, 2.05) is 12.1 Å². The van der Waals surface area contributed by atoms with Gasteiger partial charge < -0.3 is 15.4 Å². The summed E-state index contributed by atoms with van der Waals surface area (Å²) in [4.78, 5) is 36.5. The van der Waals surface area contributed by atoms with E-state index < -0.39 is 18.5 Å². The molecule has 0 aliphatic heterocycles. The highest BCUT2D eigenvalue weighted by molar-refractivity contribution is 7.99. The van der Waals surface area contributed by atoms with Crippen molar-refractivity contribution < 1.29 is 19.1 Å². The van der Waals surface area contributed by atoms with Crippen LogP contribution in [0.4, 0.5) is 5.69 Å². The number of thioether (sulfide) groups is 1. The molecule has 0 unspecified atom stereocenters. The first-order valence-corrected chi connectivity index (χ1v) is 9.90. The second-order valence-electron chi connectivity index (χ2n) is 6.20. The summed E-state index contributed by atoms with van der Waals surface area (Å²) < 4.78 is 4.91. The molecule has 144 valence electrons. The molecule has 1 aromatic carbocycles. The quantitative estimate of drug-likeness (QED) is 0.522. The molecule has 7 nitrogen and oxygen atoms in total. The minimum Gasteiger partial charge on any atom is -0.454 e. The van der Waals surface area contributed by atoms with Crippen LogP contribution in [0.3, 0.4) is 0 Å². The number of anilines is 1. The van der Waals surface area contributed by atoms with Crippen molar-refractivity contribution in [3.63, 3.8) is 0 Å². The van der Waals surface area contributed by atoms with Crippen LogP contribution in [-0.4, -0.2) is 36.7 Å². The highest BCUT2D eigenvalue weighted by Crippen LogP contribution is 2.26. The van der Waals surface area contributed by atoms with Crippen molar-refractivity contribution in [1.29, 1.82) is 5.26 Å². The number of hydrogen-bond acceptors (Lipinski definition) is 6. The molecule has 0 radical (unpaired) electrons. The minimum absolute atomic E-state index is 0.0303. The van der Waals surface area contributed by atoms with E-state index in [-0.39, 0.29) is 24.1 Å². The highest BCUT2D eigenvalue weighted by atomic mass is 32.2. The van der Waals surface area contributed by atoms with E-state index >= 15 is 0 Å². The average Bonchev–Trinajstić information content (AvgIpc) is 2.70. The number of benzene rings is 1. The Bertz CT molecular complexity index is 711. The lowest BCUT2D eigenvalue weighted by molar-refractivity contribution is -0.147. The summed E-state index contributed by atoms with van der Waals surface area (Å²) >= 11 is 1.31. The fourth-order valence-corrected chi connectivity index (χ4v) is 3.53. The van der Waals surface area contributed by atoms with Crippen molar-refractivity contribution in [2.24, 2.45) is 5.92 Å². The number of nitriles is 1. The third kappa shape index (κ3) is 7.31. The number of rotatable bonds is 8. The summed E-state index contributed by atoms with van der Waals surface area (Å²) in [7, 11) is 0. The summed E-state index contributed by atoms with van der Waals surface area (Å²) in [6, 6.07) is 9.11. The van der Waals surface area contributed by atoms with E-state index in [9.17, 15) is 14.4 Å². The maximum atomic E-state index is 12.0. The van der Waals surface area contributed by atoms with E-state index in [0.717, 1.165) is 37.0 Å². The first-order chi connectivity index (χ1) is 13.1. The molecule has 1 fully saturated rings. The second kappa shape index (κ2) is 11.2. The lowest BCUT2D eigenvalue weighted by Gasteiger charge is -2.20. The molecular weight excluding hydrogens is 366 g/mol. The minimum atomic E-state index is -0.651. The maximum Gasteiger partial charge on any atom is 0.325 e. The predicted octanol–water partition coefficient (Wildman–Crippen LogP) is 2.48. The van der Waals surface area contributed by atoms with Gasteiger partial charge in [-0.1, -0.05) is 31.4 Å². The number of hydrogen-bond donors (Lipinski definition) is 2. The molecule has 0 heterocycles. The Morgan fingerprint density at radius 1 is 1.19 bits per heavy atom. The normalized spacial score (nSPS) is 14.0. The van der Waals surface area contributed by atoms with E-state index in [1.54, 1.807) is 18.2 Å². The van der Waals surface area contributed by atoms with E-state index in [0.29, 0.717) is 5.69 Å². The highest BCUT2D eigenvalue weighted by Gasteiger charge is 2.21. The molecule has 2 rings (SSSR count). The Morgan fingerprint density at radius 2 is 1.93 bits per heavy atom. The fourth-order valence-electron chi connectivity index (χ4n) is 2.86. The summed E-state index contributed by atoms with van der Waals surface area (Å²) in [6.45, 7) is -0.674. The first-order valence-electron chi connectivity index (χ1n) is 8.92. The summed E-state index contributed by atoms with van der Waals surface area (Å²) in [5.74, 6) is -1.02. The van der Waals surface area contributed by atoms with Crippen LogP contribution in [0.15, 0.2) is 29.2 Å². The standard InChI is InChI=1S/C19H23N3O4S/c20-10-11-27-16-9-5-4-8-15(16)22-17(23)13-26-18(24)12-21-19(25)14-6-2-1-3-7-14/h4-5,8-9,14H,1-3,6-7,11-13H2,(H,21,25)(H,22,23). The molecule has 0 spiro atoms. The van der Waals surface area contributed by atoms with Gasteiger partial charge in [0.25, 0.3) is 5.91 Å². The molecule has 27 heavy (non-hydrogen) atoms. The number of nitrogens with one attached hydrogen (secondary N) is 2. The number of esters is 1. The van der Waals surface area contributed by atoms with Gasteiger partial charge in [0.15, 0.2) is 6.61 Å². The number of para-hydroxylation sites is 1. The van der Waals surface area contributed by atoms with E-state index in [2.05, 4.69) is 10.6 Å². The van der Waals surface area contributed by atoms with Gasteiger partial charge in [-0.25, -0.2) is 0 Å².